The molecular weight excluding hydrogens is 435 g/mol. The summed E-state index contributed by atoms with van der Waals surface area (Å²) in [5.74, 6) is -0.421. The van der Waals surface area contributed by atoms with E-state index in [0.29, 0.717) is 11.0 Å². The first kappa shape index (κ1) is 20.0. The molecule has 0 radical (unpaired) electrons. The zero-order chi connectivity index (χ0) is 19.4. The average molecular weight is 455 g/mol. The van der Waals surface area contributed by atoms with Crippen LogP contribution in [0.1, 0.15) is 30.9 Å². The second-order valence-electron chi connectivity index (χ2n) is 6.40. The number of likely N-dealkylation sites (tertiary alicyclic amines) is 1. The number of nitrogens with zero attached hydrogens (tertiary/aromatic N) is 1. The molecule has 1 amide bonds. The number of carbonyl (C=O) groups excluding carboxylic acids is 1. The first-order valence-corrected chi connectivity index (χ1v) is 10.9. The molecule has 0 spiro atoms. The molecule has 2 aromatic carbocycles. The molecule has 2 aromatic rings. The predicted molar refractivity (Wildman–Crippen MR) is 104 cm³/mol. The summed E-state index contributed by atoms with van der Waals surface area (Å²) in [5, 5.41) is 0. The Hall–Kier alpha value is -1.77. The summed E-state index contributed by atoms with van der Waals surface area (Å²) in [7, 11) is -3.66. The van der Waals surface area contributed by atoms with Gasteiger partial charge in [-0.25, -0.2) is 17.5 Å². The van der Waals surface area contributed by atoms with E-state index in [1.807, 2.05) is 0 Å². The highest BCUT2D eigenvalue weighted by molar-refractivity contribution is 9.10. The summed E-state index contributed by atoms with van der Waals surface area (Å²) < 4.78 is 40.9. The van der Waals surface area contributed by atoms with Crippen LogP contribution in [-0.4, -0.2) is 32.3 Å². The Morgan fingerprint density at radius 3 is 2.67 bits per heavy atom. The highest BCUT2D eigenvalue weighted by Crippen LogP contribution is 2.32. The summed E-state index contributed by atoms with van der Waals surface area (Å²) >= 11 is 3.25. The van der Waals surface area contributed by atoms with Crippen LogP contribution < -0.4 is 4.72 Å². The van der Waals surface area contributed by atoms with Crippen molar-refractivity contribution >= 4 is 31.9 Å². The molecule has 1 saturated heterocycles. The Balaban J connectivity index is 1.59. The van der Waals surface area contributed by atoms with Crippen molar-refractivity contribution in [2.24, 2.45) is 0 Å². The SMILES string of the molecule is O=C(CCNS(=O)(=O)c1cccc(Br)c1)N1CCCC1c1ccc(F)cc1. The summed E-state index contributed by atoms with van der Waals surface area (Å²) in [5.41, 5.74) is 0.900. The summed E-state index contributed by atoms with van der Waals surface area (Å²) in [4.78, 5) is 14.5. The summed E-state index contributed by atoms with van der Waals surface area (Å²) in [6, 6.07) is 12.5. The molecular formula is C19H20BrFN2O3S. The third-order valence-electron chi connectivity index (χ3n) is 4.57. The highest BCUT2D eigenvalue weighted by atomic mass is 79.9. The van der Waals surface area contributed by atoms with Gasteiger partial charge in [0.1, 0.15) is 5.82 Å². The lowest BCUT2D eigenvalue weighted by atomic mass is 10.0. The zero-order valence-corrected chi connectivity index (χ0v) is 17.0. The molecule has 0 aromatic heterocycles. The first-order chi connectivity index (χ1) is 12.9. The number of benzene rings is 2. The molecule has 1 atom stereocenters. The highest BCUT2D eigenvalue weighted by Gasteiger charge is 2.29. The van der Waals surface area contributed by atoms with Crippen LogP contribution in [0, 0.1) is 5.82 Å². The van der Waals surface area contributed by atoms with E-state index in [2.05, 4.69) is 20.7 Å². The van der Waals surface area contributed by atoms with Crippen molar-refractivity contribution in [3.63, 3.8) is 0 Å². The number of sulfonamides is 1. The Kier molecular flexibility index (Phi) is 6.29. The van der Waals surface area contributed by atoms with E-state index in [0.717, 1.165) is 18.4 Å². The standard InChI is InChI=1S/C19H20BrFN2O3S/c20-15-3-1-4-17(13-15)27(25,26)22-11-10-19(24)23-12-2-5-18(23)14-6-8-16(21)9-7-14/h1,3-4,6-9,13,18,22H,2,5,10-12H2. The maximum absolute atomic E-state index is 13.1. The van der Waals surface area contributed by atoms with Crippen LogP contribution in [0.2, 0.25) is 0 Å². The van der Waals surface area contributed by atoms with Gasteiger partial charge in [0.2, 0.25) is 15.9 Å². The fourth-order valence-electron chi connectivity index (χ4n) is 3.25. The van der Waals surface area contributed by atoms with E-state index in [1.165, 1.54) is 24.3 Å². The van der Waals surface area contributed by atoms with Crippen molar-refractivity contribution in [3.8, 4) is 0 Å². The number of halogens is 2. The largest absolute Gasteiger partial charge is 0.336 e. The number of rotatable bonds is 6. The van der Waals surface area contributed by atoms with Crippen LogP contribution in [0.15, 0.2) is 57.9 Å². The summed E-state index contributed by atoms with van der Waals surface area (Å²) in [6.07, 6.45) is 1.77. The van der Waals surface area contributed by atoms with Crippen LogP contribution >= 0.6 is 15.9 Å². The lowest BCUT2D eigenvalue weighted by molar-refractivity contribution is -0.131. The minimum atomic E-state index is -3.66. The molecule has 1 heterocycles. The third kappa shape index (κ3) is 4.94. The number of carbonyl (C=O) groups is 1. The molecule has 144 valence electrons. The lowest BCUT2D eigenvalue weighted by Crippen LogP contribution is -2.34. The Morgan fingerprint density at radius 2 is 1.96 bits per heavy atom. The van der Waals surface area contributed by atoms with Crippen molar-refractivity contribution in [1.29, 1.82) is 0 Å². The van der Waals surface area contributed by atoms with Gasteiger partial charge in [0.05, 0.1) is 10.9 Å². The van der Waals surface area contributed by atoms with E-state index < -0.39 is 10.0 Å². The normalized spacial score (nSPS) is 17.3. The van der Waals surface area contributed by atoms with Crippen LogP contribution in [0.3, 0.4) is 0 Å². The molecule has 5 nitrogen and oxygen atoms in total. The number of hydrogen-bond donors (Lipinski definition) is 1. The molecule has 0 saturated carbocycles. The molecule has 8 heteroatoms. The fraction of sp³-hybridized carbons (Fsp3) is 0.316. The number of amides is 1. The van der Waals surface area contributed by atoms with E-state index in [9.17, 15) is 17.6 Å². The Bertz CT molecular complexity index is 919. The van der Waals surface area contributed by atoms with E-state index in [1.54, 1.807) is 29.2 Å². The van der Waals surface area contributed by atoms with Crippen molar-refractivity contribution in [1.82, 2.24) is 9.62 Å². The van der Waals surface area contributed by atoms with Gasteiger partial charge in [-0.1, -0.05) is 34.1 Å². The van der Waals surface area contributed by atoms with Crippen LogP contribution in [0.5, 0.6) is 0 Å². The molecule has 0 bridgehead atoms. The third-order valence-corrected chi connectivity index (χ3v) is 6.52. The fourth-order valence-corrected chi connectivity index (χ4v) is 4.88. The lowest BCUT2D eigenvalue weighted by Gasteiger charge is -2.25. The number of nitrogens with one attached hydrogen (secondary N) is 1. The maximum Gasteiger partial charge on any atom is 0.240 e. The zero-order valence-electron chi connectivity index (χ0n) is 14.6. The van der Waals surface area contributed by atoms with E-state index in [-0.39, 0.29) is 35.6 Å². The number of hydrogen-bond acceptors (Lipinski definition) is 3. The molecule has 1 N–H and O–H groups in total. The monoisotopic (exact) mass is 454 g/mol. The van der Waals surface area contributed by atoms with Crippen molar-refractivity contribution < 1.29 is 17.6 Å². The summed E-state index contributed by atoms with van der Waals surface area (Å²) in [6.45, 7) is 0.652. The van der Waals surface area contributed by atoms with Gasteiger partial charge in [0.25, 0.3) is 0 Å². The van der Waals surface area contributed by atoms with Gasteiger partial charge in [0.15, 0.2) is 0 Å². The molecule has 1 aliphatic rings. The molecule has 3 rings (SSSR count). The molecule has 0 aliphatic carbocycles. The minimum Gasteiger partial charge on any atom is -0.336 e. The quantitative estimate of drug-likeness (QED) is 0.724. The van der Waals surface area contributed by atoms with E-state index in [4.69, 9.17) is 0 Å². The molecule has 1 aliphatic heterocycles. The van der Waals surface area contributed by atoms with Gasteiger partial charge in [-0.15, -0.1) is 0 Å². The smallest absolute Gasteiger partial charge is 0.240 e. The van der Waals surface area contributed by atoms with Gasteiger partial charge in [0, 0.05) is 24.0 Å². The van der Waals surface area contributed by atoms with Gasteiger partial charge in [-0.3, -0.25) is 4.79 Å². The van der Waals surface area contributed by atoms with Gasteiger partial charge >= 0.3 is 0 Å². The minimum absolute atomic E-state index is 0.0281. The molecule has 1 fully saturated rings. The van der Waals surface area contributed by atoms with Crippen LogP contribution in [-0.2, 0) is 14.8 Å². The van der Waals surface area contributed by atoms with E-state index >= 15 is 0 Å². The van der Waals surface area contributed by atoms with Crippen LogP contribution in [0.4, 0.5) is 4.39 Å². The van der Waals surface area contributed by atoms with Crippen molar-refractivity contribution in [3.05, 3.63) is 64.4 Å². The second-order valence-corrected chi connectivity index (χ2v) is 9.08. The van der Waals surface area contributed by atoms with Gasteiger partial charge < -0.3 is 4.90 Å². The second kappa shape index (κ2) is 8.50. The Morgan fingerprint density at radius 1 is 1.22 bits per heavy atom. The van der Waals surface area contributed by atoms with Crippen molar-refractivity contribution in [2.75, 3.05) is 13.1 Å². The van der Waals surface area contributed by atoms with Gasteiger partial charge in [-0.05, 0) is 48.7 Å². The molecule has 1 unspecified atom stereocenters. The Labute approximate surface area is 166 Å². The predicted octanol–water partition coefficient (Wildman–Crippen LogP) is 3.62. The van der Waals surface area contributed by atoms with Crippen molar-refractivity contribution in [2.45, 2.75) is 30.2 Å². The molecule has 27 heavy (non-hydrogen) atoms. The topological polar surface area (TPSA) is 66.5 Å². The average Bonchev–Trinajstić information content (AvgIpc) is 3.12. The first-order valence-electron chi connectivity index (χ1n) is 8.67. The van der Waals surface area contributed by atoms with Crippen LogP contribution in [0.25, 0.3) is 0 Å². The maximum atomic E-state index is 13.1. The van der Waals surface area contributed by atoms with Gasteiger partial charge in [-0.2, -0.15) is 0 Å².